The fourth-order valence-corrected chi connectivity index (χ4v) is 2.94. The van der Waals surface area contributed by atoms with E-state index in [1.807, 2.05) is 0 Å². The zero-order chi connectivity index (χ0) is 14.4. The van der Waals surface area contributed by atoms with Crippen LogP contribution < -0.4 is 5.32 Å². The first-order valence-electron chi connectivity index (χ1n) is 7.82. The highest BCUT2D eigenvalue weighted by Crippen LogP contribution is 2.15. The van der Waals surface area contributed by atoms with Crippen molar-refractivity contribution in [2.24, 2.45) is 5.92 Å². The largest absolute Gasteiger partial charge is 0.395 e. The molecule has 0 spiro atoms. The first-order valence-corrected chi connectivity index (χ1v) is 7.82. The molecule has 3 heteroatoms. The van der Waals surface area contributed by atoms with Crippen LogP contribution >= 0.6 is 0 Å². The third-order valence-electron chi connectivity index (χ3n) is 4.21. The van der Waals surface area contributed by atoms with Gasteiger partial charge in [-0.1, -0.05) is 44.2 Å². The van der Waals surface area contributed by atoms with Gasteiger partial charge in [0.1, 0.15) is 0 Å². The Balaban J connectivity index is 1.85. The molecular formula is C17H28N2O. The molecule has 2 atom stereocenters. The van der Waals surface area contributed by atoms with Gasteiger partial charge in [-0.25, -0.2) is 0 Å². The minimum Gasteiger partial charge on any atom is -0.395 e. The molecule has 1 aromatic carbocycles. The molecule has 1 heterocycles. The number of nitrogens with one attached hydrogen (secondary N) is 1. The third-order valence-corrected chi connectivity index (χ3v) is 4.21. The van der Waals surface area contributed by atoms with E-state index in [2.05, 4.69) is 54.4 Å². The number of benzene rings is 1. The summed E-state index contributed by atoms with van der Waals surface area (Å²) < 4.78 is 0. The van der Waals surface area contributed by atoms with Gasteiger partial charge in [0.2, 0.25) is 0 Å². The molecule has 20 heavy (non-hydrogen) atoms. The van der Waals surface area contributed by atoms with Crippen molar-refractivity contribution in [3.8, 4) is 0 Å². The highest BCUT2D eigenvalue weighted by atomic mass is 16.3. The standard InChI is InChI=1S/C17H28N2O/c1-14(2)17(13-20)18-16-9-6-10-19(12-16)11-15-7-4-3-5-8-15/h3-5,7-8,14,16-18,20H,6,9-13H2,1-2H3/t16?,17-/m1/s1. The van der Waals surface area contributed by atoms with Crippen molar-refractivity contribution in [2.45, 2.75) is 45.3 Å². The summed E-state index contributed by atoms with van der Waals surface area (Å²) in [4.78, 5) is 2.52. The number of aliphatic hydroxyl groups excluding tert-OH is 1. The van der Waals surface area contributed by atoms with Crippen LogP contribution in [0.25, 0.3) is 0 Å². The monoisotopic (exact) mass is 276 g/mol. The van der Waals surface area contributed by atoms with Crippen molar-refractivity contribution in [1.82, 2.24) is 10.2 Å². The molecule has 1 aromatic rings. The molecule has 1 aliphatic rings. The van der Waals surface area contributed by atoms with Gasteiger partial charge < -0.3 is 10.4 Å². The van der Waals surface area contributed by atoms with Crippen LogP contribution in [-0.4, -0.2) is 41.8 Å². The molecule has 0 saturated carbocycles. The maximum Gasteiger partial charge on any atom is 0.0587 e. The van der Waals surface area contributed by atoms with Crippen LogP contribution in [0.3, 0.4) is 0 Å². The quantitative estimate of drug-likeness (QED) is 0.836. The van der Waals surface area contributed by atoms with Crippen molar-refractivity contribution in [2.75, 3.05) is 19.7 Å². The SMILES string of the molecule is CC(C)[C@@H](CO)NC1CCCN(Cc2ccccc2)C1. The molecular weight excluding hydrogens is 248 g/mol. The number of rotatable bonds is 6. The second kappa shape index (κ2) is 7.77. The normalized spacial score (nSPS) is 22.1. The van der Waals surface area contributed by atoms with Crippen molar-refractivity contribution in [1.29, 1.82) is 0 Å². The lowest BCUT2D eigenvalue weighted by atomic mass is 10.00. The highest BCUT2D eigenvalue weighted by molar-refractivity contribution is 5.14. The molecule has 0 aromatic heterocycles. The lowest BCUT2D eigenvalue weighted by Gasteiger charge is -2.36. The van der Waals surface area contributed by atoms with Gasteiger partial charge in [-0.15, -0.1) is 0 Å². The van der Waals surface area contributed by atoms with Crippen LogP contribution in [0.4, 0.5) is 0 Å². The van der Waals surface area contributed by atoms with Gasteiger partial charge in [0.05, 0.1) is 6.61 Å². The second-order valence-electron chi connectivity index (χ2n) is 6.26. The van der Waals surface area contributed by atoms with Crippen LogP contribution in [0.5, 0.6) is 0 Å². The van der Waals surface area contributed by atoms with Gasteiger partial charge in [0.25, 0.3) is 0 Å². The van der Waals surface area contributed by atoms with E-state index in [0.717, 1.165) is 13.1 Å². The van der Waals surface area contributed by atoms with Crippen LogP contribution in [0, 0.1) is 5.92 Å². The number of aliphatic hydroxyl groups is 1. The molecule has 1 unspecified atom stereocenters. The van der Waals surface area contributed by atoms with Gasteiger partial charge in [-0.05, 0) is 30.9 Å². The van der Waals surface area contributed by atoms with Crippen molar-refractivity contribution < 1.29 is 5.11 Å². The summed E-state index contributed by atoms with van der Waals surface area (Å²) in [6.45, 7) is 7.85. The van der Waals surface area contributed by atoms with E-state index >= 15 is 0 Å². The lowest BCUT2D eigenvalue weighted by molar-refractivity contribution is 0.144. The Morgan fingerprint density at radius 3 is 2.70 bits per heavy atom. The van der Waals surface area contributed by atoms with E-state index in [9.17, 15) is 5.11 Å². The minimum absolute atomic E-state index is 0.219. The number of hydrogen-bond acceptors (Lipinski definition) is 3. The number of nitrogens with zero attached hydrogens (tertiary/aromatic N) is 1. The van der Waals surface area contributed by atoms with Gasteiger partial charge in [0.15, 0.2) is 0 Å². The average molecular weight is 276 g/mol. The molecule has 2 rings (SSSR count). The van der Waals surface area contributed by atoms with Crippen molar-refractivity contribution >= 4 is 0 Å². The summed E-state index contributed by atoms with van der Waals surface area (Å²) in [6, 6.07) is 11.4. The van der Waals surface area contributed by atoms with Gasteiger partial charge in [0, 0.05) is 25.2 Å². The fraction of sp³-hybridized carbons (Fsp3) is 0.647. The van der Waals surface area contributed by atoms with E-state index in [1.165, 1.54) is 24.9 Å². The Kier molecular flexibility index (Phi) is 6.02. The molecule has 1 aliphatic heterocycles. The van der Waals surface area contributed by atoms with Crippen molar-refractivity contribution in [3.05, 3.63) is 35.9 Å². The average Bonchev–Trinajstić information content (AvgIpc) is 2.46. The molecule has 1 fully saturated rings. The van der Waals surface area contributed by atoms with E-state index in [4.69, 9.17) is 0 Å². The van der Waals surface area contributed by atoms with E-state index in [0.29, 0.717) is 12.0 Å². The Morgan fingerprint density at radius 1 is 1.30 bits per heavy atom. The lowest BCUT2D eigenvalue weighted by Crippen LogP contribution is -2.51. The zero-order valence-electron chi connectivity index (χ0n) is 12.8. The molecule has 0 amide bonds. The Hall–Kier alpha value is -0.900. The molecule has 1 saturated heterocycles. The van der Waals surface area contributed by atoms with Gasteiger partial charge >= 0.3 is 0 Å². The molecule has 2 N–H and O–H groups in total. The summed E-state index contributed by atoms with van der Waals surface area (Å²) in [6.07, 6.45) is 2.45. The van der Waals surface area contributed by atoms with Gasteiger partial charge in [-0.3, -0.25) is 4.90 Å². The van der Waals surface area contributed by atoms with Crippen LogP contribution in [-0.2, 0) is 6.54 Å². The first-order chi connectivity index (χ1) is 9.69. The summed E-state index contributed by atoms with van der Waals surface area (Å²) in [5, 5.41) is 13.1. The van der Waals surface area contributed by atoms with Gasteiger partial charge in [-0.2, -0.15) is 0 Å². The Labute approximate surface area is 123 Å². The fourth-order valence-electron chi connectivity index (χ4n) is 2.94. The first kappa shape index (κ1) is 15.5. The summed E-state index contributed by atoms with van der Waals surface area (Å²) >= 11 is 0. The Bertz CT molecular complexity index is 380. The summed E-state index contributed by atoms with van der Waals surface area (Å²) in [7, 11) is 0. The minimum atomic E-state index is 0.219. The number of hydrogen-bond donors (Lipinski definition) is 2. The Morgan fingerprint density at radius 2 is 2.05 bits per heavy atom. The second-order valence-corrected chi connectivity index (χ2v) is 6.26. The third kappa shape index (κ3) is 4.58. The predicted octanol–water partition coefficient (Wildman–Crippen LogP) is 2.26. The van der Waals surface area contributed by atoms with Crippen molar-refractivity contribution in [3.63, 3.8) is 0 Å². The van der Waals surface area contributed by atoms with Crippen LogP contribution in [0.15, 0.2) is 30.3 Å². The smallest absolute Gasteiger partial charge is 0.0587 e. The molecule has 0 aliphatic carbocycles. The molecule has 0 bridgehead atoms. The van der Waals surface area contributed by atoms with Crippen LogP contribution in [0.1, 0.15) is 32.3 Å². The zero-order valence-corrected chi connectivity index (χ0v) is 12.8. The van der Waals surface area contributed by atoms with E-state index < -0.39 is 0 Å². The predicted molar refractivity (Wildman–Crippen MR) is 83.6 cm³/mol. The summed E-state index contributed by atoms with van der Waals surface area (Å²) in [5.74, 6) is 0.476. The molecule has 3 nitrogen and oxygen atoms in total. The molecule has 112 valence electrons. The van der Waals surface area contributed by atoms with Crippen LogP contribution in [0.2, 0.25) is 0 Å². The highest BCUT2D eigenvalue weighted by Gasteiger charge is 2.23. The number of piperidine rings is 1. The number of likely N-dealkylation sites (tertiary alicyclic amines) is 1. The topological polar surface area (TPSA) is 35.5 Å². The summed E-state index contributed by atoms with van der Waals surface area (Å²) in [5.41, 5.74) is 1.38. The maximum absolute atomic E-state index is 9.45. The van der Waals surface area contributed by atoms with E-state index in [1.54, 1.807) is 0 Å². The molecule has 0 radical (unpaired) electrons. The van der Waals surface area contributed by atoms with E-state index in [-0.39, 0.29) is 12.6 Å². The maximum atomic E-state index is 9.45.